The Morgan fingerprint density at radius 2 is 2.12 bits per heavy atom. The number of hydrogen-bond acceptors (Lipinski definition) is 5. The quantitative estimate of drug-likeness (QED) is 0.352. The summed E-state index contributed by atoms with van der Waals surface area (Å²) in [6.45, 7) is 1.03. The molecule has 1 aromatic carbocycles. The number of aryl methyl sites for hydroxylation is 1. The van der Waals surface area contributed by atoms with Crippen LogP contribution in [0, 0.1) is 22.9 Å². The fourth-order valence-electron chi connectivity index (χ4n) is 1.93. The second kappa shape index (κ2) is 7.72. The molecular formula is C14H12F4N4O3S. The Morgan fingerprint density at radius 3 is 2.69 bits per heavy atom. The molecule has 0 saturated carbocycles. The zero-order valence-corrected chi connectivity index (χ0v) is 14.0. The van der Waals surface area contributed by atoms with Crippen molar-refractivity contribution in [1.82, 2.24) is 9.78 Å². The molecule has 7 nitrogen and oxygen atoms in total. The number of alkyl halides is 3. The lowest BCUT2D eigenvalue weighted by atomic mass is 10.2. The van der Waals surface area contributed by atoms with E-state index in [0.29, 0.717) is 17.3 Å². The number of hydrogen-bond donors (Lipinski definition) is 1. The number of carbonyl (C=O) groups excluding carboxylic acids is 1. The number of aromatic nitrogens is 2. The Kier molecular flexibility index (Phi) is 5.85. The molecule has 1 amide bonds. The van der Waals surface area contributed by atoms with E-state index in [1.54, 1.807) is 0 Å². The normalized spacial score (nSPS) is 11.4. The van der Waals surface area contributed by atoms with Crippen molar-refractivity contribution in [1.29, 1.82) is 0 Å². The average Bonchev–Trinajstić information content (AvgIpc) is 2.96. The van der Waals surface area contributed by atoms with Crippen molar-refractivity contribution in [3.63, 3.8) is 0 Å². The van der Waals surface area contributed by atoms with E-state index in [0.717, 1.165) is 29.2 Å². The van der Waals surface area contributed by atoms with Crippen molar-refractivity contribution in [2.45, 2.75) is 24.5 Å². The van der Waals surface area contributed by atoms with Crippen LogP contribution in [0.1, 0.15) is 5.56 Å². The lowest BCUT2D eigenvalue weighted by Gasteiger charge is -2.12. The summed E-state index contributed by atoms with van der Waals surface area (Å²) in [6, 6.07) is 2.14. The predicted molar refractivity (Wildman–Crippen MR) is 85.4 cm³/mol. The number of rotatable bonds is 6. The summed E-state index contributed by atoms with van der Waals surface area (Å²) in [7, 11) is 0. The van der Waals surface area contributed by atoms with E-state index in [1.165, 1.54) is 6.92 Å². The molecule has 2 rings (SSSR count). The minimum atomic E-state index is -4.39. The maximum atomic E-state index is 14.0. The highest BCUT2D eigenvalue weighted by molar-refractivity contribution is 7.99. The Balaban J connectivity index is 2.09. The van der Waals surface area contributed by atoms with Crippen LogP contribution in [0.25, 0.3) is 0 Å². The zero-order valence-electron chi connectivity index (χ0n) is 13.2. The maximum Gasteiger partial charge on any atom is 0.398 e. The summed E-state index contributed by atoms with van der Waals surface area (Å²) < 4.78 is 52.0. The molecule has 0 aliphatic rings. The molecule has 1 N–H and O–H groups in total. The summed E-state index contributed by atoms with van der Waals surface area (Å²) in [5.74, 6) is -2.69. The first-order valence-electron chi connectivity index (χ1n) is 7.01. The van der Waals surface area contributed by atoms with Gasteiger partial charge in [0.15, 0.2) is 0 Å². The molecule has 0 aliphatic carbocycles. The summed E-state index contributed by atoms with van der Waals surface area (Å²) in [5, 5.41) is 16.4. The van der Waals surface area contributed by atoms with E-state index in [9.17, 15) is 32.5 Å². The monoisotopic (exact) mass is 392 g/mol. The van der Waals surface area contributed by atoms with Crippen molar-refractivity contribution in [2.75, 3.05) is 11.1 Å². The number of carbonyl (C=O) groups is 1. The van der Waals surface area contributed by atoms with Gasteiger partial charge in [0.25, 0.3) is 0 Å². The number of amides is 1. The second-order valence-corrected chi connectivity index (χ2v) is 6.22. The van der Waals surface area contributed by atoms with Crippen molar-refractivity contribution in [3.05, 3.63) is 46.0 Å². The zero-order chi connectivity index (χ0) is 19.5. The van der Waals surface area contributed by atoms with Crippen LogP contribution in [-0.2, 0) is 11.3 Å². The van der Waals surface area contributed by atoms with E-state index in [1.807, 2.05) is 0 Å². The molecule has 2 aromatic rings. The molecular weight excluding hydrogens is 380 g/mol. The molecule has 0 aliphatic heterocycles. The lowest BCUT2D eigenvalue weighted by molar-refractivity contribution is -0.385. The lowest BCUT2D eigenvalue weighted by Crippen LogP contribution is -2.20. The second-order valence-electron chi connectivity index (χ2n) is 5.20. The van der Waals surface area contributed by atoms with E-state index in [4.69, 9.17) is 0 Å². The SMILES string of the molecule is Cc1cc(F)c(NC(=O)Cn2cc([N+](=O)[O-])cn2)cc1SCC(F)(F)F. The highest BCUT2D eigenvalue weighted by Crippen LogP contribution is 2.32. The van der Waals surface area contributed by atoms with Gasteiger partial charge in [-0.1, -0.05) is 0 Å². The topological polar surface area (TPSA) is 90.1 Å². The smallest absolute Gasteiger partial charge is 0.322 e. The third-order valence-corrected chi connectivity index (χ3v) is 4.29. The van der Waals surface area contributed by atoms with Crippen molar-refractivity contribution in [2.24, 2.45) is 0 Å². The molecule has 140 valence electrons. The number of halogens is 4. The Morgan fingerprint density at radius 1 is 1.42 bits per heavy atom. The van der Waals surface area contributed by atoms with E-state index in [-0.39, 0.29) is 16.3 Å². The fraction of sp³-hybridized carbons (Fsp3) is 0.286. The van der Waals surface area contributed by atoms with Gasteiger partial charge in [0.2, 0.25) is 5.91 Å². The van der Waals surface area contributed by atoms with Gasteiger partial charge in [0.1, 0.15) is 24.8 Å². The van der Waals surface area contributed by atoms with E-state index >= 15 is 0 Å². The molecule has 0 fully saturated rings. The maximum absolute atomic E-state index is 14.0. The summed E-state index contributed by atoms with van der Waals surface area (Å²) in [5.41, 5.74) is -0.297. The Hall–Kier alpha value is -2.63. The molecule has 0 unspecified atom stereocenters. The molecule has 0 atom stereocenters. The van der Waals surface area contributed by atoms with Crippen LogP contribution in [0.4, 0.5) is 28.9 Å². The minimum Gasteiger partial charge on any atom is -0.322 e. The molecule has 0 radical (unpaired) electrons. The molecule has 0 saturated heterocycles. The minimum absolute atomic E-state index is 0.175. The van der Waals surface area contributed by atoms with Crippen LogP contribution in [0.2, 0.25) is 0 Å². The van der Waals surface area contributed by atoms with Gasteiger partial charge in [0, 0.05) is 4.90 Å². The molecule has 0 spiro atoms. The molecule has 26 heavy (non-hydrogen) atoms. The third kappa shape index (κ3) is 5.44. The van der Waals surface area contributed by atoms with Crippen LogP contribution in [0.15, 0.2) is 29.4 Å². The van der Waals surface area contributed by atoms with Gasteiger partial charge in [-0.15, -0.1) is 11.8 Å². The van der Waals surface area contributed by atoms with Gasteiger partial charge >= 0.3 is 11.9 Å². The van der Waals surface area contributed by atoms with Crippen LogP contribution < -0.4 is 5.32 Å². The van der Waals surface area contributed by atoms with Crippen LogP contribution in [-0.4, -0.2) is 32.5 Å². The Bertz CT molecular complexity index is 838. The number of thioether (sulfide) groups is 1. The number of nitro groups is 1. The molecule has 1 aromatic heterocycles. The predicted octanol–water partition coefficient (Wildman–Crippen LogP) is 3.53. The van der Waals surface area contributed by atoms with Gasteiger partial charge in [-0.25, -0.2) is 4.39 Å². The Labute approximate surface area is 148 Å². The van der Waals surface area contributed by atoms with Gasteiger partial charge in [0.05, 0.1) is 16.4 Å². The number of anilines is 1. The fourth-order valence-corrected chi connectivity index (χ4v) is 2.74. The molecule has 12 heteroatoms. The van der Waals surface area contributed by atoms with Crippen LogP contribution in [0.5, 0.6) is 0 Å². The highest BCUT2D eigenvalue weighted by Gasteiger charge is 2.27. The third-order valence-electron chi connectivity index (χ3n) is 3.07. The number of nitrogens with one attached hydrogen (secondary N) is 1. The van der Waals surface area contributed by atoms with Crippen molar-refractivity contribution < 1.29 is 27.3 Å². The van der Waals surface area contributed by atoms with E-state index in [2.05, 4.69) is 10.4 Å². The summed E-state index contributed by atoms with van der Waals surface area (Å²) in [4.78, 5) is 22.0. The van der Waals surface area contributed by atoms with Gasteiger partial charge in [-0.2, -0.15) is 18.3 Å². The van der Waals surface area contributed by atoms with Gasteiger partial charge in [-0.3, -0.25) is 19.6 Å². The van der Waals surface area contributed by atoms with Crippen molar-refractivity contribution >= 4 is 29.0 Å². The number of nitrogens with zero attached hydrogens (tertiary/aromatic N) is 3. The largest absolute Gasteiger partial charge is 0.398 e. The first-order valence-corrected chi connectivity index (χ1v) is 8.00. The summed E-state index contributed by atoms with van der Waals surface area (Å²) >= 11 is 0.479. The highest BCUT2D eigenvalue weighted by atomic mass is 32.2. The van der Waals surface area contributed by atoms with Crippen LogP contribution >= 0.6 is 11.8 Å². The first kappa shape index (κ1) is 19.7. The van der Waals surface area contributed by atoms with E-state index < -0.39 is 35.1 Å². The number of benzene rings is 1. The summed E-state index contributed by atoms with van der Waals surface area (Å²) in [6.07, 6.45) is -2.41. The molecule has 1 heterocycles. The van der Waals surface area contributed by atoms with Gasteiger partial charge in [-0.05, 0) is 24.6 Å². The molecule has 0 bridgehead atoms. The first-order chi connectivity index (χ1) is 12.0. The van der Waals surface area contributed by atoms with Crippen LogP contribution in [0.3, 0.4) is 0 Å². The van der Waals surface area contributed by atoms with Gasteiger partial charge < -0.3 is 5.32 Å². The van der Waals surface area contributed by atoms with Crippen molar-refractivity contribution in [3.8, 4) is 0 Å². The average molecular weight is 392 g/mol. The standard InChI is InChI=1S/C14H12F4N4O3S/c1-8-2-10(15)11(3-12(8)26-7-14(16,17)18)20-13(23)6-21-5-9(4-19-21)22(24)25/h2-5H,6-7H2,1H3,(H,20,23).